The fraction of sp³-hybridized carbons (Fsp3) is 0.800. The summed E-state index contributed by atoms with van der Waals surface area (Å²) < 4.78 is 42.9. The Morgan fingerprint density at radius 1 is 0.590 bits per heavy atom. The molecule has 1 aliphatic heterocycles. The van der Waals surface area contributed by atoms with Gasteiger partial charge in [-0.3, -0.25) is 19.3 Å². The maximum atomic E-state index is 11.7. The number of nitrogens with one attached hydrogen (secondary N) is 1. The van der Waals surface area contributed by atoms with Crippen LogP contribution in [0.15, 0.2) is 12.2 Å². The number of carbonyl (C=O) groups is 3. The second kappa shape index (κ2) is 26.2. The minimum atomic E-state index is -0.365. The molecule has 39 heavy (non-hydrogen) atoms. The van der Waals surface area contributed by atoms with Crippen LogP contribution in [0.3, 0.4) is 0 Å². The zero-order valence-electron chi connectivity index (χ0n) is 22.8. The smallest absolute Gasteiger partial charge is 0.253 e. The molecule has 3 N–H and O–H groups in total. The Labute approximate surface area is 230 Å². The summed E-state index contributed by atoms with van der Waals surface area (Å²) in [6, 6.07) is 0. The topological polar surface area (TPSA) is 166 Å². The van der Waals surface area contributed by atoms with E-state index in [0.717, 1.165) is 4.90 Å². The SMILES string of the molecule is NCCOCCOCCOCCOCCOCCOCCOCCOCCC(=O)NCCN1C(=O)C=CC1=O. The number of hydrogen-bond donors (Lipinski definition) is 2. The van der Waals surface area contributed by atoms with E-state index < -0.39 is 0 Å². The standard InChI is InChI=1S/C25H45N3O11/c26-4-8-33-10-12-35-14-16-37-18-20-39-22-21-38-19-17-36-15-13-34-11-9-32-7-3-23(29)27-5-6-28-24(30)1-2-25(28)31/h1-2H,3-22,26H2,(H,27,29). The van der Waals surface area contributed by atoms with Gasteiger partial charge < -0.3 is 48.9 Å². The first-order chi connectivity index (χ1) is 19.1. The quantitative estimate of drug-likeness (QED) is 0.0801. The van der Waals surface area contributed by atoms with Crippen molar-refractivity contribution in [2.24, 2.45) is 5.73 Å². The van der Waals surface area contributed by atoms with E-state index in [1.165, 1.54) is 12.2 Å². The molecule has 226 valence electrons. The summed E-state index contributed by atoms with van der Waals surface area (Å²) in [4.78, 5) is 35.6. The van der Waals surface area contributed by atoms with E-state index in [0.29, 0.717) is 106 Å². The maximum absolute atomic E-state index is 11.7. The van der Waals surface area contributed by atoms with Gasteiger partial charge in [0.1, 0.15) is 0 Å². The van der Waals surface area contributed by atoms with E-state index in [1.54, 1.807) is 0 Å². The van der Waals surface area contributed by atoms with E-state index in [-0.39, 0.29) is 43.8 Å². The van der Waals surface area contributed by atoms with Crippen LogP contribution in [0.1, 0.15) is 6.42 Å². The molecule has 0 atom stereocenters. The minimum Gasteiger partial charge on any atom is -0.379 e. The molecule has 0 aromatic carbocycles. The molecule has 1 rings (SSSR count). The van der Waals surface area contributed by atoms with E-state index in [1.807, 2.05) is 0 Å². The number of amides is 3. The van der Waals surface area contributed by atoms with Crippen molar-refractivity contribution in [2.75, 3.05) is 125 Å². The third-order valence-corrected chi connectivity index (χ3v) is 4.90. The molecule has 1 heterocycles. The molecular formula is C25H45N3O11. The lowest BCUT2D eigenvalue weighted by molar-refractivity contribution is -0.137. The zero-order chi connectivity index (χ0) is 28.2. The first-order valence-corrected chi connectivity index (χ1v) is 13.3. The van der Waals surface area contributed by atoms with Crippen LogP contribution in [0.4, 0.5) is 0 Å². The summed E-state index contributed by atoms with van der Waals surface area (Å²) in [5, 5.41) is 2.65. The molecule has 0 unspecified atom stereocenters. The molecule has 0 spiro atoms. The second-order valence-electron chi connectivity index (χ2n) is 7.95. The molecular weight excluding hydrogens is 518 g/mol. The Balaban J connectivity index is 1.69. The second-order valence-corrected chi connectivity index (χ2v) is 7.95. The van der Waals surface area contributed by atoms with Gasteiger partial charge in [0.05, 0.1) is 106 Å². The van der Waals surface area contributed by atoms with Gasteiger partial charge in [-0.15, -0.1) is 0 Å². The van der Waals surface area contributed by atoms with E-state index in [2.05, 4.69) is 5.32 Å². The molecule has 14 nitrogen and oxygen atoms in total. The van der Waals surface area contributed by atoms with Crippen LogP contribution in [0.5, 0.6) is 0 Å². The Morgan fingerprint density at radius 2 is 0.923 bits per heavy atom. The molecule has 0 aromatic heterocycles. The molecule has 0 aromatic rings. The van der Waals surface area contributed by atoms with Crippen molar-refractivity contribution in [1.29, 1.82) is 0 Å². The normalized spacial score (nSPS) is 13.1. The van der Waals surface area contributed by atoms with Crippen LogP contribution in [-0.4, -0.2) is 148 Å². The fourth-order valence-electron chi connectivity index (χ4n) is 2.94. The molecule has 0 saturated carbocycles. The number of rotatable bonds is 29. The van der Waals surface area contributed by atoms with Crippen LogP contribution >= 0.6 is 0 Å². The third-order valence-electron chi connectivity index (χ3n) is 4.90. The summed E-state index contributed by atoms with van der Waals surface area (Å²) in [6.07, 6.45) is 2.61. The third kappa shape index (κ3) is 21.5. The lowest BCUT2D eigenvalue weighted by Crippen LogP contribution is -2.38. The molecule has 0 aliphatic carbocycles. The summed E-state index contributed by atoms with van der Waals surface area (Å²) in [5.41, 5.74) is 5.31. The first kappa shape index (κ1) is 35.0. The van der Waals surface area contributed by atoms with Gasteiger partial charge in [-0.25, -0.2) is 0 Å². The first-order valence-electron chi connectivity index (χ1n) is 13.3. The Bertz CT molecular complexity index is 649. The van der Waals surface area contributed by atoms with Gasteiger partial charge in [-0.1, -0.05) is 0 Å². The van der Waals surface area contributed by atoms with Crippen LogP contribution in [0, 0.1) is 0 Å². The summed E-state index contributed by atoms with van der Waals surface area (Å²) in [7, 11) is 0. The van der Waals surface area contributed by atoms with Crippen LogP contribution in [-0.2, 0) is 52.3 Å². The van der Waals surface area contributed by atoms with E-state index >= 15 is 0 Å². The molecule has 0 radical (unpaired) electrons. The van der Waals surface area contributed by atoms with E-state index in [4.69, 9.17) is 43.6 Å². The number of nitrogens with zero attached hydrogens (tertiary/aromatic N) is 1. The molecule has 0 fully saturated rings. The van der Waals surface area contributed by atoms with Crippen molar-refractivity contribution in [3.05, 3.63) is 12.2 Å². The summed E-state index contributed by atoms with van der Waals surface area (Å²) in [5.74, 6) is -0.941. The van der Waals surface area contributed by atoms with Gasteiger partial charge in [-0.05, 0) is 0 Å². The average molecular weight is 564 g/mol. The number of carbonyl (C=O) groups excluding carboxylic acids is 3. The van der Waals surface area contributed by atoms with Crippen molar-refractivity contribution in [2.45, 2.75) is 6.42 Å². The fourth-order valence-corrected chi connectivity index (χ4v) is 2.94. The molecule has 0 saturated heterocycles. The molecule has 1 aliphatic rings. The monoisotopic (exact) mass is 563 g/mol. The number of imide groups is 1. The van der Waals surface area contributed by atoms with Gasteiger partial charge in [-0.2, -0.15) is 0 Å². The van der Waals surface area contributed by atoms with Gasteiger partial charge in [0, 0.05) is 38.2 Å². The molecule has 14 heteroatoms. The van der Waals surface area contributed by atoms with Gasteiger partial charge in [0.15, 0.2) is 0 Å². The highest BCUT2D eigenvalue weighted by Crippen LogP contribution is 2.01. The van der Waals surface area contributed by atoms with Crippen molar-refractivity contribution in [3.8, 4) is 0 Å². The highest BCUT2D eigenvalue weighted by atomic mass is 16.6. The predicted octanol–water partition coefficient (Wildman–Crippen LogP) is -1.49. The Kier molecular flexibility index (Phi) is 23.5. The number of hydrogen-bond acceptors (Lipinski definition) is 12. The van der Waals surface area contributed by atoms with E-state index in [9.17, 15) is 14.4 Å². The lowest BCUT2D eigenvalue weighted by Gasteiger charge is -2.14. The molecule has 3 amide bonds. The largest absolute Gasteiger partial charge is 0.379 e. The number of ether oxygens (including phenoxy) is 8. The zero-order valence-corrected chi connectivity index (χ0v) is 22.8. The minimum absolute atomic E-state index is 0.148. The van der Waals surface area contributed by atoms with Gasteiger partial charge in [0.2, 0.25) is 5.91 Å². The van der Waals surface area contributed by atoms with Crippen molar-refractivity contribution < 1.29 is 52.3 Å². The van der Waals surface area contributed by atoms with Crippen molar-refractivity contribution in [3.63, 3.8) is 0 Å². The maximum Gasteiger partial charge on any atom is 0.253 e. The van der Waals surface area contributed by atoms with Crippen molar-refractivity contribution in [1.82, 2.24) is 10.2 Å². The van der Waals surface area contributed by atoms with Gasteiger partial charge in [0.25, 0.3) is 11.8 Å². The summed E-state index contributed by atoms with van der Waals surface area (Å²) in [6.45, 7) is 8.32. The Hall–Kier alpha value is -2.01. The Morgan fingerprint density at radius 3 is 1.28 bits per heavy atom. The van der Waals surface area contributed by atoms with Crippen LogP contribution in [0.25, 0.3) is 0 Å². The highest BCUT2D eigenvalue weighted by molar-refractivity contribution is 6.12. The molecule has 0 bridgehead atoms. The predicted molar refractivity (Wildman–Crippen MR) is 139 cm³/mol. The number of nitrogens with two attached hydrogens (primary N) is 1. The lowest BCUT2D eigenvalue weighted by atomic mass is 10.4. The van der Waals surface area contributed by atoms with Crippen LogP contribution < -0.4 is 11.1 Å². The highest BCUT2D eigenvalue weighted by Gasteiger charge is 2.22. The van der Waals surface area contributed by atoms with Gasteiger partial charge >= 0.3 is 0 Å². The van der Waals surface area contributed by atoms with Crippen molar-refractivity contribution >= 4 is 17.7 Å². The van der Waals surface area contributed by atoms with Crippen LogP contribution in [0.2, 0.25) is 0 Å². The summed E-state index contributed by atoms with van der Waals surface area (Å²) >= 11 is 0. The average Bonchev–Trinajstić information content (AvgIpc) is 3.25.